The van der Waals surface area contributed by atoms with Gasteiger partial charge < -0.3 is 10.2 Å². The molecule has 2 fully saturated rings. The lowest BCUT2D eigenvalue weighted by Gasteiger charge is -2.53. The molecule has 3 atom stereocenters. The summed E-state index contributed by atoms with van der Waals surface area (Å²) in [4.78, 5) is 5.26. The Hall–Kier alpha value is -1.13. The van der Waals surface area contributed by atoms with Crippen molar-refractivity contribution in [2.45, 2.75) is 64.1 Å². The number of thiocarbonyl (C=S) groups is 1. The second kappa shape index (κ2) is 6.55. The average molecular weight is 358 g/mol. The normalized spacial score (nSPS) is 29.4. The lowest BCUT2D eigenvalue weighted by molar-refractivity contribution is 0.0161. The third-order valence-corrected chi connectivity index (χ3v) is 6.45. The molecule has 0 aromatic heterocycles. The number of fused-ring (bicyclic) bond motifs is 4. The van der Waals surface area contributed by atoms with Gasteiger partial charge in [0.2, 0.25) is 0 Å². The summed E-state index contributed by atoms with van der Waals surface area (Å²) in [6.07, 6.45) is 5.04. The summed E-state index contributed by atoms with van der Waals surface area (Å²) < 4.78 is 0. The average Bonchev–Trinajstić information content (AvgIpc) is 2.58. The minimum Gasteiger partial charge on any atom is -0.358 e. The van der Waals surface area contributed by atoms with Gasteiger partial charge in [-0.05, 0) is 75.7 Å². The Morgan fingerprint density at radius 1 is 1.20 bits per heavy atom. The SMILES string of the molecule is CC(C)(C)NC(=S)N1CCCC2CN3CCc4ccccc4C3CC21. The summed E-state index contributed by atoms with van der Waals surface area (Å²) in [5, 5.41) is 4.51. The molecule has 3 heterocycles. The predicted molar refractivity (Wildman–Crippen MR) is 108 cm³/mol. The molecule has 3 aliphatic rings. The third kappa shape index (κ3) is 3.43. The monoisotopic (exact) mass is 357 g/mol. The molecule has 1 aromatic carbocycles. The lowest BCUT2D eigenvalue weighted by Crippen LogP contribution is -2.60. The van der Waals surface area contributed by atoms with E-state index in [0.29, 0.717) is 12.1 Å². The van der Waals surface area contributed by atoms with Crippen LogP contribution in [0.3, 0.4) is 0 Å². The highest BCUT2D eigenvalue weighted by atomic mass is 32.1. The van der Waals surface area contributed by atoms with Crippen LogP contribution < -0.4 is 5.32 Å². The van der Waals surface area contributed by atoms with Crippen molar-refractivity contribution >= 4 is 17.3 Å². The van der Waals surface area contributed by atoms with Gasteiger partial charge >= 0.3 is 0 Å². The van der Waals surface area contributed by atoms with E-state index in [1.807, 2.05) is 0 Å². The number of nitrogens with zero attached hydrogens (tertiary/aromatic N) is 2. The van der Waals surface area contributed by atoms with Crippen LogP contribution >= 0.6 is 12.2 Å². The molecule has 25 heavy (non-hydrogen) atoms. The minimum absolute atomic E-state index is 0.0299. The van der Waals surface area contributed by atoms with Crippen molar-refractivity contribution in [1.82, 2.24) is 15.1 Å². The summed E-state index contributed by atoms with van der Waals surface area (Å²) in [6.45, 7) is 10.1. The zero-order chi connectivity index (χ0) is 17.6. The molecule has 3 nitrogen and oxygen atoms in total. The van der Waals surface area contributed by atoms with Crippen LogP contribution in [0.5, 0.6) is 0 Å². The van der Waals surface area contributed by atoms with Crippen molar-refractivity contribution in [3.8, 4) is 0 Å². The van der Waals surface area contributed by atoms with Crippen molar-refractivity contribution in [3.63, 3.8) is 0 Å². The summed E-state index contributed by atoms with van der Waals surface area (Å²) in [6, 6.07) is 10.2. The van der Waals surface area contributed by atoms with Gasteiger partial charge in [-0.3, -0.25) is 4.90 Å². The molecule has 4 heteroatoms. The molecule has 136 valence electrons. The number of rotatable bonds is 0. The Morgan fingerprint density at radius 3 is 2.80 bits per heavy atom. The number of nitrogens with one attached hydrogen (secondary N) is 1. The molecule has 2 saturated heterocycles. The Labute approximate surface area is 157 Å². The zero-order valence-corrected chi connectivity index (χ0v) is 16.6. The first kappa shape index (κ1) is 17.3. The van der Waals surface area contributed by atoms with Crippen molar-refractivity contribution in [1.29, 1.82) is 0 Å². The number of benzene rings is 1. The Morgan fingerprint density at radius 2 is 2.00 bits per heavy atom. The van der Waals surface area contributed by atoms with Crippen molar-refractivity contribution < 1.29 is 0 Å². The first-order valence-corrected chi connectivity index (χ1v) is 10.2. The maximum Gasteiger partial charge on any atom is 0.169 e. The highest BCUT2D eigenvalue weighted by molar-refractivity contribution is 7.80. The van der Waals surface area contributed by atoms with Crippen molar-refractivity contribution in [2.24, 2.45) is 5.92 Å². The lowest BCUT2D eigenvalue weighted by atomic mass is 9.77. The largest absolute Gasteiger partial charge is 0.358 e. The van der Waals surface area contributed by atoms with Crippen LogP contribution in [0, 0.1) is 5.92 Å². The molecular weight excluding hydrogens is 326 g/mol. The van der Waals surface area contributed by atoms with Gasteiger partial charge in [0.05, 0.1) is 0 Å². The van der Waals surface area contributed by atoms with Crippen LogP contribution in [0.4, 0.5) is 0 Å². The van der Waals surface area contributed by atoms with E-state index in [1.165, 1.54) is 38.8 Å². The molecule has 0 amide bonds. The molecule has 0 aliphatic carbocycles. The number of likely N-dealkylation sites (tertiary alicyclic amines) is 1. The van der Waals surface area contributed by atoms with Crippen molar-refractivity contribution in [3.05, 3.63) is 35.4 Å². The van der Waals surface area contributed by atoms with E-state index in [-0.39, 0.29) is 5.54 Å². The van der Waals surface area contributed by atoms with Crippen molar-refractivity contribution in [2.75, 3.05) is 19.6 Å². The first-order chi connectivity index (χ1) is 11.9. The fraction of sp³-hybridized carbons (Fsp3) is 0.667. The zero-order valence-electron chi connectivity index (χ0n) is 15.8. The fourth-order valence-corrected chi connectivity index (χ4v) is 5.57. The highest BCUT2D eigenvalue weighted by Crippen LogP contribution is 2.42. The van der Waals surface area contributed by atoms with E-state index >= 15 is 0 Å². The van der Waals surface area contributed by atoms with Crippen LogP contribution in [-0.2, 0) is 6.42 Å². The van der Waals surface area contributed by atoms with Gasteiger partial charge in [0.15, 0.2) is 5.11 Å². The van der Waals surface area contributed by atoms with Gasteiger partial charge in [-0.15, -0.1) is 0 Å². The van der Waals surface area contributed by atoms with E-state index < -0.39 is 0 Å². The smallest absolute Gasteiger partial charge is 0.169 e. The Bertz CT molecular complexity index is 651. The molecular formula is C21H31N3S. The molecule has 1 N–H and O–H groups in total. The number of hydrogen-bond donors (Lipinski definition) is 1. The summed E-state index contributed by atoms with van der Waals surface area (Å²) in [7, 11) is 0. The molecule has 3 unspecified atom stereocenters. The molecule has 0 bridgehead atoms. The van der Waals surface area contributed by atoms with E-state index in [2.05, 4.69) is 60.2 Å². The first-order valence-electron chi connectivity index (χ1n) is 9.83. The van der Waals surface area contributed by atoms with Crippen LogP contribution in [0.2, 0.25) is 0 Å². The fourth-order valence-electron chi connectivity index (χ4n) is 5.04. The quantitative estimate of drug-likeness (QED) is 0.713. The predicted octanol–water partition coefficient (Wildman–Crippen LogP) is 3.74. The second-order valence-electron chi connectivity index (χ2n) is 9.04. The minimum atomic E-state index is 0.0299. The molecule has 0 saturated carbocycles. The summed E-state index contributed by atoms with van der Waals surface area (Å²) in [5.74, 6) is 0.759. The Kier molecular flexibility index (Phi) is 4.53. The van der Waals surface area contributed by atoms with E-state index in [4.69, 9.17) is 12.2 Å². The van der Waals surface area contributed by atoms with E-state index in [0.717, 1.165) is 17.6 Å². The molecule has 0 spiro atoms. The molecule has 0 radical (unpaired) electrons. The Balaban J connectivity index is 1.57. The topological polar surface area (TPSA) is 18.5 Å². The van der Waals surface area contributed by atoms with Gasteiger partial charge in [0, 0.05) is 37.3 Å². The number of piperidine rings is 2. The standard InChI is InChI=1S/C21H31N3S/c1-21(2,3)22-20(25)24-11-6-8-16-14-23-12-10-15-7-4-5-9-17(15)19(23)13-18(16)24/h4-5,7,9,16,18-19H,6,8,10-14H2,1-3H3,(H,22,25). The van der Waals surface area contributed by atoms with Crippen LogP contribution in [0.1, 0.15) is 57.2 Å². The summed E-state index contributed by atoms with van der Waals surface area (Å²) >= 11 is 5.82. The van der Waals surface area contributed by atoms with Gasteiger partial charge in [-0.1, -0.05) is 24.3 Å². The summed E-state index contributed by atoms with van der Waals surface area (Å²) in [5.41, 5.74) is 3.15. The van der Waals surface area contributed by atoms with E-state index in [1.54, 1.807) is 11.1 Å². The highest BCUT2D eigenvalue weighted by Gasteiger charge is 2.43. The van der Waals surface area contributed by atoms with Gasteiger partial charge in [-0.25, -0.2) is 0 Å². The third-order valence-electron chi connectivity index (χ3n) is 6.12. The van der Waals surface area contributed by atoms with E-state index in [9.17, 15) is 0 Å². The van der Waals surface area contributed by atoms with Gasteiger partial charge in [0.1, 0.15) is 0 Å². The van der Waals surface area contributed by atoms with Gasteiger partial charge in [-0.2, -0.15) is 0 Å². The molecule has 4 rings (SSSR count). The molecule has 3 aliphatic heterocycles. The molecule has 1 aromatic rings. The second-order valence-corrected chi connectivity index (χ2v) is 9.43. The van der Waals surface area contributed by atoms with Crippen LogP contribution in [-0.4, -0.2) is 46.1 Å². The maximum absolute atomic E-state index is 5.82. The van der Waals surface area contributed by atoms with Gasteiger partial charge in [0.25, 0.3) is 0 Å². The van der Waals surface area contributed by atoms with Crippen LogP contribution in [0.15, 0.2) is 24.3 Å². The number of hydrogen-bond acceptors (Lipinski definition) is 2. The maximum atomic E-state index is 5.82. The van der Waals surface area contributed by atoms with Crippen LogP contribution in [0.25, 0.3) is 0 Å².